The molecule has 0 atom stereocenters. The van der Waals surface area contributed by atoms with E-state index < -0.39 is 4.92 Å². The second kappa shape index (κ2) is 5.97. The summed E-state index contributed by atoms with van der Waals surface area (Å²) in [4.78, 5) is 14.0. The van der Waals surface area contributed by atoms with Crippen molar-refractivity contribution in [3.8, 4) is 11.6 Å². The van der Waals surface area contributed by atoms with Crippen LogP contribution in [0.15, 0.2) is 42.6 Å². The number of nitrogens with zero attached hydrogens (tertiary/aromatic N) is 2. The summed E-state index contributed by atoms with van der Waals surface area (Å²) in [5.74, 6) is 1.01. The van der Waals surface area contributed by atoms with Gasteiger partial charge >= 0.3 is 0 Å². The fourth-order valence-corrected chi connectivity index (χ4v) is 1.74. The molecule has 1 aromatic heterocycles. The minimum atomic E-state index is -0.492. The molecule has 0 aliphatic heterocycles. The van der Waals surface area contributed by atoms with Gasteiger partial charge in [0, 0.05) is 12.1 Å². The monoisotopic (exact) mass is 270 g/mol. The zero-order valence-corrected chi connectivity index (χ0v) is 11.2. The first kappa shape index (κ1) is 13.7. The smallest absolute Gasteiger partial charge is 0.287 e. The quantitative estimate of drug-likeness (QED) is 0.619. The summed E-state index contributed by atoms with van der Waals surface area (Å²) in [6.07, 6.45) is 5.15. The number of nitro groups is 1. The Balaban J connectivity index is 2.19. The number of aromatic nitrogens is 1. The average molecular weight is 270 g/mol. The Morgan fingerprint density at radius 3 is 2.65 bits per heavy atom. The van der Waals surface area contributed by atoms with Crippen molar-refractivity contribution in [1.82, 2.24) is 4.98 Å². The lowest BCUT2D eigenvalue weighted by Gasteiger charge is -2.08. The average Bonchev–Trinajstić information content (AvgIpc) is 2.43. The van der Waals surface area contributed by atoms with Crippen molar-refractivity contribution in [3.05, 3.63) is 63.8 Å². The van der Waals surface area contributed by atoms with Gasteiger partial charge in [-0.15, -0.1) is 0 Å². The minimum Gasteiger partial charge on any atom is -0.439 e. The third-order valence-corrected chi connectivity index (χ3v) is 2.70. The molecule has 2 aromatic rings. The van der Waals surface area contributed by atoms with E-state index in [0.717, 1.165) is 11.1 Å². The molecule has 0 N–H and O–H groups in total. The van der Waals surface area contributed by atoms with E-state index in [1.807, 2.05) is 44.2 Å². The van der Waals surface area contributed by atoms with Gasteiger partial charge in [-0.1, -0.05) is 18.2 Å². The predicted octanol–water partition coefficient (Wildman–Crippen LogP) is 4.12. The molecule has 0 spiro atoms. The Labute approximate surface area is 116 Å². The molecule has 1 heterocycles. The second-order valence-corrected chi connectivity index (χ2v) is 4.24. The van der Waals surface area contributed by atoms with E-state index in [1.165, 1.54) is 18.3 Å². The number of pyridine rings is 1. The summed E-state index contributed by atoms with van der Waals surface area (Å²) in [6, 6.07) is 8.64. The van der Waals surface area contributed by atoms with Crippen LogP contribution in [0, 0.1) is 17.0 Å². The Kier molecular flexibility index (Phi) is 4.10. The zero-order valence-electron chi connectivity index (χ0n) is 11.2. The standard InChI is InChI=1S/C15H14N2O3/c1-3-4-12-5-7-14(11(2)9-12)20-15-8-6-13(10-16-15)17(18)19/h3-10H,1-2H3. The molecular formula is C15H14N2O3. The van der Waals surface area contributed by atoms with Crippen LogP contribution in [-0.4, -0.2) is 9.91 Å². The molecule has 0 unspecified atom stereocenters. The van der Waals surface area contributed by atoms with Crippen molar-refractivity contribution >= 4 is 11.8 Å². The SMILES string of the molecule is CC=Cc1ccc(Oc2ccc([N+](=O)[O-])cn2)c(C)c1. The van der Waals surface area contributed by atoms with Crippen molar-refractivity contribution < 1.29 is 9.66 Å². The molecule has 5 heteroatoms. The molecular weight excluding hydrogens is 256 g/mol. The van der Waals surface area contributed by atoms with Crippen LogP contribution in [0.5, 0.6) is 11.6 Å². The van der Waals surface area contributed by atoms with Crippen LogP contribution in [0.4, 0.5) is 5.69 Å². The molecule has 1 aromatic carbocycles. The molecule has 102 valence electrons. The van der Waals surface area contributed by atoms with Crippen molar-refractivity contribution in [1.29, 1.82) is 0 Å². The van der Waals surface area contributed by atoms with Crippen LogP contribution in [0.1, 0.15) is 18.1 Å². The zero-order chi connectivity index (χ0) is 14.5. The molecule has 5 nitrogen and oxygen atoms in total. The summed E-state index contributed by atoms with van der Waals surface area (Å²) in [6.45, 7) is 3.90. The first-order valence-corrected chi connectivity index (χ1v) is 6.12. The van der Waals surface area contributed by atoms with Crippen molar-refractivity contribution in [3.63, 3.8) is 0 Å². The van der Waals surface area contributed by atoms with Gasteiger partial charge in [0.25, 0.3) is 5.69 Å². The molecule has 0 fully saturated rings. The van der Waals surface area contributed by atoms with Gasteiger partial charge in [-0.2, -0.15) is 0 Å². The Morgan fingerprint density at radius 2 is 2.10 bits per heavy atom. The number of hydrogen-bond donors (Lipinski definition) is 0. The van der Waals surface area contributed by atoms with Crippen LogP contribution >= 0.6 is 0 Å². The lowest BCUT2D eigenvalue weighted by atomic mass is 10.1. The van der Waals surface area contributed by atoms with Crippen LogP contribution in [-0.2, 0) is 0 Å². The van der Waals surface area contributed by atoms with E-state index >= 15 is 0 Å². The topological polar surface area (TPSA) is 65.3 Å². The maximum atomic E-state index is 10.5. The first-order chi connectivity index (χ1) is 9.60. The highest BCUT2D eigenvalue weighted by molar-refractivity contribution is 5.53. The minimum absolute atomic E-state index is 0.0579. The highest BCUT2D eigenvalue weighted by Gasteiger charge is 2.07. The van der Waals surface area contributed by atoms with Gasteiger partial charge < -0.3 is 4.74 Å². The number of hydrogen-bond acceptors (Lipinski definition) is 4. The fraction of sp³-hybridized carbons (Fsp3) is 0.133. The highest BCUT2D eigenvalue weighted by Crippen LogP contribution is 2.25. The molecule has 0 saturated heterocycles. The normalized spacial score (nSPS) is 10.7. The van der Waals surface area contributed by atoms with Gasteiger partial charge in [0.1, 0.15) is 11.9 Å². The van der Waals surface area contributed by atoms with Crippen LogP contribution < -0.4 is 4.74 Å². The number of rotatable bonds is 4. The summed E-state index contributed by atoms with van der Waals surface area (Å²) in [5.41, 5.74) is 2.01. The second-order valence-electron chi connectivity index (χ2n) is 4.24. The third-order valence-electron chi connectivity index (χ3n) is 2.70. The maximum absolute atomic E-state index is 10.5. The van der Waals surface area contributed by atoms with Gasteiger partial charge in [0.15, 0.2) is 0 Å². The molecule has 0 saturated carbocycles. The van der Waals surface area contributed by atoms with E-state index in [1.54, 1.807) is 0 Å². The lowest BCUT2D eigenvalue weighted by molar-refractivity contribution is -0.385. The first-order valence-electron chi connectivity index (χ1n) is 6.12. The van der Waals surface area contributed by atoms with Crippen molar-refractivity contribution in [2.45, 2.75) is 13.8 Å². The summed E-state index contributed by atoms with van der Waals surface area (Å²) in [7, 11) is 0. The van der Waals surface area contributed by atoms with Gasteiger partial charge in [0.2, 0.25) is 5.88 Å². The molecule has 20 heavy (non-hydrogen) atoms. The molecule has 0 bridgehead atoms. The van der Waals surface area contributed by atoms with E-state index in [9.17, 15) is 10.1 Å². The van der Waals surface area contributed by atoms with Gasteiger partial charge in [-0.3, -0.25) is 10.1 Å². The van der Waals surface area contributed by atoms with E-state index in [4.69, 9.17) is 4.74 Å². The Morgan fingerprint density at radius 1 is 1.30 bits per heavy atom. The van der Waals surface area contributed by atoms with E-state index in [-0.39, 0.29) is 5.69 Å². The number of ether oxygens (including phenoxy) is 1. The number of benzene rings is 1. The number of aryl methyl sites for hydroxylation is 1. The predicted molar refractivity (Wildman–Crippen MR) is 76.9 cm³/mol. The van der Waals surface area contributed by atoms with Gasteiger partial charge in [0.05, 0.1) is 4.92 Å². The van der Waals surface area contributed by atoms with E-state index in [2.05, 4.69) is 4.98 Å². The number of allylic oxidation sites excluding steroid dienone is 1. The lowest BCUT2D eigenvalue weighted by Crippen LogP contribution is -1.93. The molecule has 0 amide bonds. The third kappa shape index (κ3) is 3.20. The largest absolute Gasteiger partial charge is 0.439 e. The van der Waals surface area contributed by atoms with Crippen LogP contribution in [0.2, 0.25) is 0 Å². The molecule has 0 aliphatic rings. The van der Waals surface area contributed by atoms with Crippen LogP contribution in [0.3, 0.4) is 0 Å². The molecule has 0 radical (unpaired) electrons. The Bertz CT molecular complexity index is 649. The summed E-state index contributed by atoms with van der Waals surface area (Å²) >= 11 is 0. The van der Waals surface area contributed by atoms with Crippen molar-refractivity contribution in [2.24, 2.45) is 0 Å². The fourth-order valence-electron chi connectivity index (χ4n) is 1.74. The molecule has 0 aliphatic carbocycles. The van der Waals surface area contributed by atoms with Crippen LogP contribution in [0.25, 0.3) is 6.08 Å². The van der Waals surface area contributed by atoms with E-state index in [0.29, 0.717) is 11.6 Å². The van der Waals surface area contributed by atoms with Gasteiger partial charge in [-0.05, 0) is 37.1 Å². The van der Waals surface area contributed by atoms with Gasteiger partial charge in [-0.25, -0.2) is 4.98 Å². The Hall–Kier alpha value is -2.69. The maximum Gasteiger partial charge on any atom is 0.287 e. The summed E-state index contributed by atoms with van der Waals surface area (Å²) in [5, 5.41) is 10.5. The van der Waals surface area contributed by atoms with Crippen molar-refractivity contribution in [2.75, 3.05) is 0 Å². The highest BCUT2D eigenvalue weighted by atomic mass is 16.6. The molecule has 2 rings (SSSR count). The summed E-state index contributed by atoms with van der Waals surface area (Å²) < 4.78 is 5.62.